The van der Waals surface area contributed by atoms with E-state index in [1.54, 1.807) is 0 Å². The quantitative estimate of drug-likeness (QED) is 0.628. The van der Waals surface area contributed by atoms with Crippen LogP contribution in [0.2, 0.25) is 0 Å². The van der Waals surface area contributed by atoms with Crippen LogP contribution in [0.1, 0.15) is 47.5 Å². The molecule has 0 fully saturated rings. The molecular weight excluding hydrogens is 146 g/mol. The maximum Gasteiger partial charge on any atom is 0.00944 e. The average Bonchev–Trinajstić information content (AvgIpc) is 1.97. The van der Waals surface area contributed by atoms with Gasteiger partial charge in [-0.05, 0) is 31.8 Å². The Morgan fingerprint density at radius 1 is 1.17 bits per heavy atom. The molecule has 1 atom stereocenters. The third-order valence-electron chi connectivity index (χ3n) is 2.44. The van der Waals surface area contributed by atoms with Gasteiger partial charge in [0.15, 0.2) is 0 Å². The zero-order valence-corrected chi connectivity index (χ0v) is 9.65. The van der Waals surface area contributed by atoms with Crippen molar-refractivity contribution in [3.8, 4) is 0 Å². The van der Waals surface area contributed by atoms with Crippen molar-refractivity contribution in [2.24, 2.45) is 5.41 Å². The van der Waals surface area contributed by atoms with Crippen LogP contribution in [0.4, 0.5) is 0 Å². The number of rotatable bonds is 4. The average molecular weight is 171 g/mol. The van der Waals surface area contributed by atoms with Crippen molar-refractivity contribution in [3.05, 3.63) is 0 Å². The van der Waals surface area contributed by atoms with Crippen molar-refractivity contribution >= 4 is 0 Å². The molecule has 0 spiro atoms. The highest BCUT2D eigenvalue weighted by Gasteiger charge is 2.19. The number of nitrogens with zero attached hydrogens (tertiary/aromatic N) is 1. The molecule has 0 aromatic heterocycles. The molecule has 0 rings (SSSR count). The maximum absolute atomic E-state index is 2.45. The Morgan fingerprint density at radius 3 is 1.92 bits per heavy atom. The van der Waals surface area contributed by atoms with Crippen molar-refractivity contribution in [3.63, 3.8) is 0 Å². The molecule has 0 aromatic carbocycles. The van der Waals surface area contributed by atoms with E-state index < -0.39 is 0 Å². The Morgan fingerprint density at radius 2 is 1.67 bits per heavy atom. The summed E-state index contributed by atoms with van der Waals surface area (Å²) < 4.78 is 0. The highest BCUT2D eigenvalue weighted by atomic mass is 15.1. The lowest BCUT2D eigenvalue weighted by Crippen LogP contribution is -2.34. The maximum atomic E-state index is 2.45. The van der Waals surface area contributed by atoms with Gasteiger partial charge in [0.05, 0.1) is 0 Å². The van der Waals surface area contributed by atoms with Gasteiger partial charge in [-0.2, -0.15) is 0 Å². The van der Waals surface area contributed by atoms with E-state index in [4.69, 9.17) is 0 Å². The van der Waals surface area contributed by atoms with Crippen LogP contribution in [0.25, 0.3) is 0 Å². The molecule has 0 aliphatic rings. The Bertz CT molecular complexity index is 113. The lowest BCUT2D eigenvalue weighted by Gasteiger charge is -2.31. The Labute approximate surface area is 78.1 Å². The first-order valence-electron chi connectivity index (χ1n) is 5.11. The third kappa shape index (κ3) is 4.76. The van der Waals surface area contributed by atoms with Crippen molar-refractivity contribution in [2.45, 2.75) is 53.5 Å². The van der Waals surface area contributed by atoms with E-state index in [-0.39, 0.29) is 0 Å². The lowest BCUT2D eigenvalue weighted by atomic mass is 9.87. The van der Waals surface area contributed by atoms with Crippen molar-refractivity contribution in [2.75, 3.05) is 13.6 Å². The Hall–Kier alpha value is -0.0400. The topological polar surface area (TPSA) is 3.24 Å². The van der Waals surface area contributed by atoms with Crippen LogP contribution in [-0.2, 0) is 0 Å². The minimum atomic E-state index is 0.462. The zero-order chi connectivity index (χ0) is 9.78. The molecule has 0 amide bonds. The van der Waals surface area contributed by atoms with Crippen LogP contribution in [0.15, 0.2) is 0 Å². The molecule has 0 heterocycles. The molecule has 0 aliphatic heterocycles. The second-order valence-corrected chi connectivity index (χ2v) is 4.90. The van der Waals surface area contributed by atoms with Gasteiger partial charge in [0, 0.05) is 6.04 Å². The van der Waals surface area contributed by atoms with Crippen LogP contribution in [-0.4, -0.2) is 24.5 Å². The molecular formula is C11H25N. The molecule has 0 saturated heterocycles. The van der Waals surface area contributed by atoms with Gasteiger partial charge in [-0.3, -0.25) is 0 Å². The Balaban J connectivity index is 3.99. The van der Waals surface area contributed by atoms with Crippen molar-refractivity contribution < 1.29 is 0 Å². The van der Waals surface area contributed by atoms with E-state index in [0.29, 0.717) is 5.41 Å². The lowest BCUT2D eigenvalue weighted by molar-refractivity contribution is 0.181. The highest BCUT2D eigenvalue weighted by Crippen LogP contribution is 2.24. The summed E-state index contributed by atoms with van der Waals surface area (Å²) in [4.78, 5) is 2.45. The molecule has 1 unspecified atom stereocenters. The first-order chi connectivity index (χ1) is 5.40. The van der Waals surface area contributed by atoms with Gasteiger partial charge in [0.1, 0.15) is 0 Å². The molecule has 0 saturated carbocycles. The summed E-state index contributed by atoms with van der Waals surface area (Å²) >= 11 is 0. The smallest absolute Gasteiger partial charge is 0.00944 e. The van der Waals surface area contributed by atoms with Gasteiger partial charge in [0.2, 0.25) is 0 Å². The predicted molar refractivity (Wildman–Crippen MR) is 56.5 cm³/mol. The summed E-state index contributed by atoms with van der Waals surface area (Å²) in [6.07, 6.45) is 2.56. The van der Waals surface area contributed by atoms with E-state index in [1.807, 2.05) is 0 Å². The number of hydrogen-bond donors (Lipinski definition) is 0. The van der Waals surface area contributed by atoms with Crippen LogP contribution >= 0.6 is 0 Å². The Kier molecular flexibility index (Phi) is 4.84. The van der Waals surface area contributed by atoms with Crippen LogP contribution in [0.5, 0.6) is 0 Å². The predicted octanol–water partition coefficient (Wildman–Crippen LogP) is 3.15. The van der Waals surface area contributed by atoms with Crippen molar-refractivity contribution in [1.29, 1.82) is 0 Å². The number of hydrogen-bond acceptors (Lipinski definition) is 1. The summed E-state index contributed by atoms with van der Waals surface area (Å²) in [5, 5.41) is 0. The standard InChI is InChI=1S/C11H25N/c1-7-10(12(6)8-2)9-11(3,4)5/h10H,7-9H2,1-6H3. The third-order valence-corrected chi connectivity index (χ3v) is 2.44. The molecule has 0 bridgehead atoms. The van der Waals surface area contributed by atoms with Gasteiger partial charge in [0.25, 0.3) is 0 Å². The minimum Gasteiger partial charge on any atom is -0.304 e. The summed E-state index contributed by atoms with van der Waals surface area (Å²) in [5.74, 6) is 0. The molecule has 0 radical (unpaired) electrons. The summed E-state index contributed by atoms with van der Waals surface area (Å²) in [7, 11) is 2.22. The molecule has 0 aromatic rings. The molecule has 1 nitrogen and oxygen atoms in total. The molecule has 0 N–H and O–H groups in total. The van der Waals surface area contributed by atoms with Crippen LogP contribution < -0.4 is 0 Å². The fraction of sp³-hybridized carbons (Fsp3) is 1.00. The van der Waals surface area contributed by atoms with Gasteiger partial charge >= 0.3 is 0 Å². The SMILES string of the molecule is CCC(CC(C)(C)C)N(C)CC. The first-order valence-corrected chi connectivity index (χ1v) is 5.11. The fourth-order valence-corrected chi connectivity index (χ4v) is 1.58. The molecule has 74 valence electrons. The zero-order valence-electron chi connectivity index (χ0n) is 9.65. The molecule has 0 aliphatic carbocycles. The van der Waals surface area contributed by atoms with Gasteiger partial charge in [-0.25, -0.2) is 0 Å². The fourth-order valence-electron chi connectivity index (χ4n) is 1.58. The summed E-state index contributed by atoms with van der Waals surface area (Å²) in [6.45, 7) is 12.6. The van der Waals surface area contributed by atoms with Crippen molar-refractivity contribution in [1.82, 2.24) is 4.90 Å². The summed E-state index contributed by atoms with van der Waals surface area (Å²) in [6, 6.07) is 0.759. The van der Waals surface area contributed by atoms with E-state index in [2.05, 4.69) is 46.6 Å². The monoisotopic (exact) mass is 171 g/mol. The minimum absolute atomic E-state index is 0.462. The second-order valence-electron chi connectivity index (χ2n) is 4.90. The van der Waals surface area contributed by atoms with Crippen LogP contribution in [0, 0.1) is 5.41 Å². The normalized spacial score (nSPS) is 15.2. The summed E-state index contributed by atoms with van der Waals surface area (Å²) in [5.41, 5.74) is 0.462. The van der Waals surface area contributed by atoms with E-state index in [0.717, 1.165) is 12.6 Å². The van der Waals surface area contributed by atoms with E-state index >= 15 is 0 Å². The van der Waals surface area contributed by atoms with Gasteiger partial charge < -0.3 is 4.90 Å². The van der Waals surface area contributed by atoms with E-state index in [1.165, 1.54) is 12.8 Å². The molecule has 1 heteroatoms. The van der Waals surface area contributed by atoms with Gasteiger partial charge in [-0.1, -0.05) is 34.6 Å². The van der Waals surface area contributed by atoms with Crippen LogP contribution in [0.3, 0.4) is 0 Å². The van der Waals surface area contributed by atoms with E-state index in [9.17, 15) is 0 Å². The largest absolute Gasteiger partial charge is 0.304 e. The van der Waals surface area contributed by atoms with Gasteiger partial charge in [-0.15, -0.1) is 0 Å². The molecule has 12 heavy (non-hydrogen) atoms. The second kappa shape index (κ2) is 4.86. The highest BCUT2D eigenvalue weighted by molar-refractivity contribution is 4.73. The first kappa shape index (κ1) is 12.0.